The Morgan fingerprint density at radius 1 is 0.935 bits per heavy atom. The second-order valence-corrected chi connectivity index (χ2v) is 9.51. The van der Waals surface area contributed by atoms with Gasteiger partial charge in [0.1, 0.15) is 0 Å². The number of rotatable bonds is 7. The molecule has 0 unspecified atom stereocenters. The lowest BCUT2D eigenvalue weighted by Crippen LogP contribution is -2.39. The van der Waals surface area contributed by atoms with Crippen molar-refractivity contribution in [3.8, 4) is 0 Å². The first-order valence-corrected chi connectivity index (χ1v) is 11.5. The molecule has 0 fully saturated rings. The van der Waals surface area contributed by atoms with Crippen molar-refractivity contribution in [2.24, 2.45) is 0 Å². The maximum Gasteiger partial charge on any atom is 0.264 e. The van der Waals surface area contributed by atoms with Crippen LogP contribution in [0.3, 0.4) is 0 Å². The molecule has 1 N–H and O–H groups in total. The molecule has 0 radical (unpaired) electrons. The third-order valence-corrected chi connectivity index (χ3v) is 7.01. The van der Waals surface area contributed by atoms with E-state index in [1.54, 1.807) is 47.1 Å². The number of aromatic nitrogens is 2. The normalized spacial score (nSPS) is 12.7. The van der Waals surface area contributed by atoms with Crippen LogP contribution in [0.1, 0.15) is 11.4 Å². The highest BCUT2D eigenvalue weighted by Crippen LogP contribution is 2.26. The maximum absolute atomic E-state index is 13.6. The third kappa shape index (κ3) is 4.47. The molecule has 3 aromatic carbocycles. The summed E-state index contributed by atoms with van der Waals surface area (Å²) in [6, 6.07) is 23.5. The molecule has 4 rings (SSSR count). The summed E-state index contributed by atoms with van der Waals surface area (Å²) >= 11 is 0. The Bertz CT molecular complexity index is 1300. The Balaban J connectivity index is 1.69. The Morgan fingerprint density at radius 3 is 2.29 bits per heavy atom. The van der Waals surface area contributed by atoms with Gasteiger partial charge in [0.2, 0.25) is 0 Å². The van der Waals surface area contributed by atoms with Crippen molar-refractivity contribution in [1.82, 2.24) is 9.78 Å². The molecule has 0 aliphatic heterocycles. The van der Waals surface area contributed by atoms with Crippen LogP contribution in [0.15, 0.2) is 83.8 Å². The second kappa shape index (κ2) is 8.53. The molecule has 6 nitrogen and oxygen atoms in total. The standard InChI is InChI=1S/C24H25N3O3S/c1-18-14-19(2)26(25-18)16-23(28)17-27(22-10-4-3-5-11-22)31(29,30)24-13-12-20-8-6-7-9-21(20)15-24/h3-15,23,28H,16-17H2,1-2H3/t23-/m1/s1. The number of aliphatic hydroxyl groups is 1. The molecule has 0 saturated carbocycles. The zero-order chi connectivity index (χ0) is 22.0. The van der Waals surface area contributed by atoms with Crippen LogP contribution in [-0.2, 0) is 16.6 Å². The van der Waals surface area contributed by atoms with Gasteiger partial charge in [-0.05, 0) is 55.0 Å². The summed E-state index contributed by atoms with van der Waals surface area (Å²) in [5, 5.41) is 17.0. The zero-order valence-electron chi connectivity index (χ0n) is 17.5. The van der Waals surface area contributed by atoms with Crippen LogP contribution in [0.5, 0.6) is 0 Å². The van der Waals surface area contributed by atoms with E-state index in [2.05, 4.69) is 5.10 Å². The molecule has 0 amide bonds. The molecule has 0 spiro atoms. The van der Waals surface area contributed by atoms with Gasteiger partial charge in [-0.2, -0.15) is 5.10 Å². The summed E-state index contributed by atoms with van der Waals surface area (Å²) in [6.45, 7) is 3.91. The van der Waals surface area contributed by atoms with Gasteiger partial charge in [0, 0.05) is 5.69 Å². The summed E-state index contributed by atoms with van der Waals surface area (Å²) in [7, 11) is -3.89. The smallest absolute Gasteiger partial charge is 0.264 e. The first-order valence-electron chi connectivity index (χ1n) is 10.1. The number of aliphatic hydroxyl groups excluding tert-OH is 1. The van der Waals surface area contributed by atoms with E-state index in [0.29, 0.717) is 5.69 Å². The monoisotopic (exact) mass is 435 g/mol. The number of hydrogen-bond acceptors (Lipinski definition) is 4. The number of benzene rings is 3. The number of aryl methyl sites for hydroxylation is 2. The molecule has 31 heavy (non-hydrogen) atoms. The minimum absolute atomic E-state index is 0.0858. The maximum atomic E-state index is 13.6. The summed E-state index contributed by atoms with van der Waals surface area (Å²) in [4.78, 5) is 0.188. The van der Waals surface area contributed by atoms with E-state index in [4.69, 9.17) is 0 Å². The topological polar surface area (TPSA) is 75.4 Å². The number of sulfonamides is 1. The van der Waals surface area contributed by atoms with Crippen LogP contribution in [0, 0.1) is 13.8 Å². The molecular formula is C24H25N3O3S. The highest BCUT2D eigenvalue weighted by Gasteiger charge is 2.27. The molecule has 0 bridgehead atoms. The largest absolute Gasteiger partial charge is 0.389 e. The lowest BCUT2D eigenvalue weighted by atomic mass is 10.1. The van der Waals surface area contributed by atoms with Gasteiger partial charge >= 0.3 is 0 Å². The molecule has 1 heterocycles. The predicted octanol–water partition coefficient (Wildman–Crippen LogP) is 3.91. The van der Waals surface area contributed by atoms with Gasteiger partial charge in [-0.15, -0.1) is 0 Å². The molecule has 0 aliphatic rings. The SMILES string of the molecule is Cc1cc(C)n(C[C@@H](O)CN(c2ccccc2)S(=O)(=O)c2ccc3ccccc3c2)n1. The summed E-state index contributed by atoms with van der Waals surface area (Å²) in [6.07, 6.45) is -0.937. The highest BCUT2D eigenvalue weighted by molar-refractivity contribution is 7.92. The zero-order valence-corrected chi connectivity index (χ0v) is 18.3. The number of anilines is 1. The Hall–Kier alpha value is -3.16. The minimum Gasteiger partial charge on any atom is -0.389 e. The second-order valence-electron chi connectivity index (χ2n) is 7.64. The fourth-order valence-corrected chi connectivity index (χ4v) is 5.24. The average Bonchev–Trinajstić information content (AvgIpc) is 3.08. The fraction of sp³-hybridized carbons (Fsp3) is 0.208. The van der Waals surface area contributed by atoms with Gasteiger partial charge in [0.15, 0.2) is 0 Å². The van der Waals surface area contributed by atoms with Crippen molar-refractivity contribution in [3.63, 3.8) is 0 Å². The summed E-state index contributed by atoms with van der Waals surface area (Å²) in [5.74, 6) is 0. The molecule has 160 valence electrons. The van der Waals surface area contributed by atoms with Gasteiger partial charge < -0.3 is 5.11 Å². The quantitative estimate of drug-likeness (QED) is 0.478. The van der Waals surface area contributed by atoms with Crippen molar-refractivity contribution < 1.29 is 13.5 Å². The van der Waals surface area contributed by atoms with Gasteiger partial charge in [-0.25, -0.2) is 8.42 Å². The van der Waals surface area contributed by atoms with Crippen molar-refractivity contribution in [1.29, 1.82) is 0 Å². The van der Waals surface area contributed by atoms with Crippen molar-refractivity contribution >= 4 is 26.5 Å². The molecule has 1 aromatic heterocycles. The van der Waals surface area contributed by atoms with Crippen LogP contribution < -0.4 is 4.31 Å². The molecule has 0 saturated heterocycles. The molecule has 4 aromatic rings. The van der Waals surface area contributed by atoms with Crippen molar-refractivity contribution in [3.05, 3.63) is 90.3 Å². The van der Waals surface area contributed by atoms with E-state index in [1.807, 2.05) is 50.2 Å². The summed E-state index contributed by atoms with van der Waals surface area (Å²) in [5.41, 5.74) is 2.27. The van der Waals surface area contributed by atoms with E-state index in [0.717, 1.165) is 22.2 Å². The molecule has 0 aliphatic carbocycles. The van der Waals surface area contributed by atoms with Crippen LogP contribution in [0.4, 0.5) is 5.69 Å². The lowest BCUT2D eigenvalue weighted by molar-refractivity contribution is 0.157. The Kier molecular flexibility index (Phi) is 5.80. The number of para-hydroxylation sites is 1. The Labute approximate surface area is 182 Å². The van der Waals surface area contributed by atoms with Crippen molar-refractivity contribution in [2.75, 3.05) is 10.8 Å². The van der Waals surface area contributed by atoms with E-state index in [9.17, 15) is 13.5 Å². The van der Waals surface area contributed by atoms with Crippen LogP contribution in [0.2, 0.25) is 0 Å². The van der Waals surface area contributed by atoms with Crippen LogP contribution in [0.25, 0.3) is 10.8 Å². The average molecular weight is 436 g/mol. The Morgan fingerprint density at radius 2 is 1.61 bits per heavy atom. The third-order valence-electron chi connectivity index (χ3n) is 5.22. The summed E-state index contributed by atoms with van der Waals surface area (Å²) < 4.78 is 30.2. The van der Waals surface area contributed by atoms with E-state index >= 15 is 0 Å². The number of nitrogens with zero attached hydrogens (tertiary/aromatic N) is 3. The van der Waals surface area contributed by atoms with Gasteiger partial charge in [0.05, 0.1) is 35.5 Å². The minimum atomic E-state index is -3.89. The highest BCUT2D eigenvalue weighted by atomic mass is 32.2. The van der Waals surface area contributed by atoms with E-state index in [1.165, 1.54) is 4.31 Å². The van der Waals surface area contributed by atoms with Crippen LogP contribution in [-0.4, -0.2) is 36.0 Å². The van der Waals surface area contributed by atoms with Gasteiger partial charge in [0.25, 0.3) is 10.0 Å². The molecule has 7 heteroatoms. The fourth-order valence-electron chi connectivity index (χ4n) is 3.70. The first kappa shape index (κ1) is 21.1. The van der Waals surface area contributed by atoms with Crippen LogP contribution >= 0.6 is 0 Å². The van der Waals surface area contributed by atoms with Crippen molar-refractivity contribution in [2.45, 2.75) is 31.4 Å². The lowest BCUT2D eigenvalue weighted by Gasteiger charge is -2.27. The van der Waals surface area contributed by atoms with E-state index in [-0.39, 0.29) is 18.0 Å². The number of hydrogen-bond donors (Lipinski definition) is 1. The van der Waals surface area contributed by atoms with Gasteiger partial charge in [-0.3, -0.25) is 8.99 Å². The molecule has 1 atom stereocenters. The first-order chi connectivity index (χ1) is 14.8. The van der Waals surface area contributed by atoms with E-state index < -0.39 is 16.1 Å². The van der Waals surface area contributed by atoms with Gasteiger partial charge in [-0.1, -0.05) is 48.5 Å². The predicted molar refractivity (Wildman–Crippen MR) is 123 cm³/mol. The molecular weight excluding hydrogens is 410 g/mol. The number of fused-ring (bicyclic) bond motifs is 1.